The Kier molecular flexibility index (Phi) is 31.1. The predicted molar refractivity (Wildman–Crippen MR) is 214 cm³/mol. The lowest BCUT2D eigenvalue weighted by atomic mass is 9.87. The van der Waals surface area contributed by atoms with Gasteiger partial charge >= 0.3 is 19.8 Å². The highest BCUT2D eigenvalue weighted by molar-refractivity contribution is 7.47. The van der Waals surface area contributed by atoms with Crippen LogP contribution in [0.4, 0.5) is 0 Å². The Morgan fingerprint density at radius 1 is 0.818 bits per heavy atom. The number of ether oxygens (including phenoxy) is 3. The van der Waals surface area contributed by atoms with Crippen LogP contribution in [0.25, 0.3) is 0 Å². The number of phosphoric acid groups is 1. The highest BCUT2D eigenvalue weighted by atomic mass is 31.2. The average Bonchev–Trinajstić information content (AvgIpc) is 3.15. The van der Waals surface area contributed by atoms with Crippen molar-refractivity contribution in [1.82, 2.24) is 0 Å². The first kappa shape index (κ1) is 51.3. The lowest BCUT2D eigenvalue weighted by molar-refractivity contribution is -0.199. The fourth-order valence-corrected chi connectivity index (χ4v) is 7.14. The number of aliphatic hydroxyl groups is 3. The highest BCUT2D eigenvalue weighted by Gasteiger charge is 2.35. The van der Waals surface area contributed by atoms with Gasteiger partial charge < -0.3 is 40.2 Å². The second-order valence-corrected chi connectivity index (χ2v) is 16.2. The van der Waals surface area contributed by atoms with Gasteiger partial charge in [0.05, 0.1) is 31.5 Å². The van der Waals surface area contributed by atoms with Gasteiger partial charge in [0.15, 0.2) is 12.4 Å². The number of phosphoric ester groups is 1. The summed E-state index contributed by atoms with van der Waals surface area (Å²) in [6.07, 6.45) is 24.0. The Balaban J connectivity index is 2.47. The van der Waals surface area contributed by atoms with Crippen molar-refractivity contribution in [3.05, 3.63) is 24.3 Å². The molecule has 1 aliphatic heterocycles. The summed E-state index contributed by atoms with van der Waals surface area (Å²) in [5.41, 5.74) is 5.34. The van der Waals surface area contributed by atoms with Gasteiger partial charge in [0.25, 0.3) is 0 Å². The number of carbonyl (C=O) groups excluding carboxylic acids is 2. The molecule has 14 heteroatoms. The Labute approximate surface area is 331 Å². The molecule has 0 radical (unpaired) electrons. The second-order valence-electron chi connectivity index (χ2n) is 14.7. The van der Waals surface area contributed by atoms with E-state index in [1.807, 2.05) is 12.2 Å². The van der Waals surface area contributed by atoms with E-state index in [1.165, 1.54) is 57.8 Å². The fourth-order valence-electron chi connectivity index (χ4n) is 6.38. The molecule has 7 atom stereocenters. The van der Waals surface area contributed by atoms with Crippen molar-refractivity contribution >= 4 is 19.8 Å². The van der Waals surface area contributed by atoms with Crippen molar-refractivity contribution in [2.24, 2.45) is 11.7 Å². The molecule has 1 heterocycles. The lowest BCUT2D eigenvalue weighted by Crippen LogP contribution is -2.43. The van der Waals surface area contributed by atoms with E-state index in [0.717, 1.165) is 38.5 Å². The maximum Gasteiger partial charge on any atom is 0.472 e. The van der Waals surface area contributed by atoms with Crippen molar-refractivity contribution < 1.29 is 57.6 Å². The third-order valence-corrected chi connectivity index (χ3v) is 10.6. The van der Waals surface area contributed by atoms with Crippen LogP contribution in [-0.2, 0) is 37.4 Å². The number of aliphatic hydroxyl groups excluding tert-OH is 3. The average molecular weight is 806 g/mol. The minimum Gasteiger partial charge on any atom is -0.462 e. The van der Waals surface area contributed by atoms with Crippen LogP contribution in [0.3, 0.4) is 0 Å². The first-order valence-electron chi connectivity index (χ1n) is 21.2. The topological polar surface area (TPSA) is 204 Å². The summed E-state index contributed by atoms with van der Waals surface area (Å²) in [7, 11) is -4.45. The van der Waals surface area contributed by atoms with E-state index >= 15 is 0 Å². The number of unbranched alkanes of at least 4 members (excludes halogenated alkanes) is 15. The molecule has 0 spiro atoms. The minimum absolute atomic E-state index is 0.0106. The van der Waals surface area contributed by atoms with Crippen LogP contribution in [0, 0.1) is 5.92 Å². The maximum absolute atomic E-state index is 12.7. The number of esters is 2. The zero-order valence-electron chi connectivity index (χ0n) is 33.9. The quantitative estimate of drug-likeness (QED) is 0.0180. The molecule has 0 bridgehead atoms. The van der Waals surface area contributed by atoms with E-state index in [2.05, 4.69) is 13.8 Å². The number of carbonyl (C=O) groups is 2. The monoisotopic (exact) mass is 806 g/mol. The van der Waals surface area contributed by atoms with Gasteiger partial charge in [0, 0.05) is 31.7 Å². The second kappa shape index (κ2) is 33.3. The van der Waals surface area contributed by atoms with Crippen LogP contribution in [0.2, 0.25) is 0 Å². The van der Waals surface area contributed by atoms with Gasteiger partial charge in [0.2, 0.25) is 0 Å². The molecule has 0 aromatic carbocycles. The molecule has 1 fully saturated rings. The van der Waals surface area contributed by atoms with E-state index in [-0.39, 0.29) is 44.9 Å². The summed E-state index contributed by atoms with van der Waals surface area (Å²) in [6, 6.07) is 0. The molecule has 1 saturated heterocycles. The molecule has 13 nitrogen and oxygen atoms in total. The zero-order valence-corrected chi connectivity index (χ0v) is 34.8. The molecular weight excluding hydrogens is 729 g/mol. The largest absolute Gasteiger partial charge is 0.472 e. The van der Waals surface area contributed by atoms with E-state index in [1.54, 1.807) is 12.2 Å². The van der Waals surface area contributed by atoms with Gasteiger partial charge in [-0.15, -0.1) is 0 Å². The Morgan fingerprint density at radius 3 is 2.05 bits per heavy atom. The molecule has 7 unspecified atom stereocenters. The molecule has 0 aliphatic carbocycles. The summed E-state index contributed by atoms with van der Waals surface area (Å²) in [6.45, 7) is 3.30. The standard InChI is InChI=1S/C41H76NO12P/c1-3-5-7-8-9-10-11-12-13-14-15-16-21-25-39(45)50-32-35(33-52-55(48,49)51-30-29-42)53-40(46)26-22-18-17-20-24-36-37(44)31-41(47)54-38(36)28-27-34(43)23-19-6-4-2/h17,20,27-28,34-38,41,43-44,47H,3-16,18-19,21-26,29-33,42H2,1-2H3,(H,48,49)/b20-17-,28-27+. The molecule has 0 aromatic rings. The molecule has 1 aliphatic rings. The molecule has 322 valence electrons. The lowest BCUT2D eigenvalue weighted by Gasteiger charge is -2.36. The van der Waals surface area contributed by atoms with Gasteiger partial charge in [-0.3, -0.25) is 18.6 Å². The molecule has 6 N–H and O–H groups in total. The fraction of sp³-hybridized carbons (Fsp3) is 0.854. The van der Waals surface area contributed by atoms with Crippen LogP contribution in [0.1, 0.15) is 162 Å². The van der Waals surface area contributed by atoms with Gasteiger partial charge in [-0.25, -0.2) is 4.57 Å². The van der Waals surface area contributed by atoms with Crippen molar-refractivity contribution in [2.75, 3.05) is 26.4 Å². The summed E-state index contributed by atoms with van der Waals surface area (Å²) in [5.74, 6) is -1.34. The third-order valence-electron chi connectivity index (χ3n) is 9.64. The number of hydrogen-bond donors (Lipinski definition) is 5. The SMILES string of the molecule is CCCCCCCCCCCCCCCC(=O)OCC(COP(=O)(O)OCCN)OC(=O)CCC/C=C\CC1C(O)CC(O)OC1/C=C/C(O)CCCCC. The minimum atomic E-state index is -4.45. The molecule has 0 aromatic heterocycles. The predicted octanol–water partition coefficient (Wildman–Crippen LogP) is 7.71. The Bertz CT molecular complexity index is 1080. The van der Waals surface area contributed by atoms with Crippen LogP contribution in [-0.4, -0.2) is 89.2 Å². The van der Waals surface area contributed by atoms with Crippen molar-refractivity contribution in [1.29, 1.82) is 0 Å². The van der Waals surface area contributed by atoms with Gasteiger partial charge in [-0.05, 0) is 32.1 Å². The van der Waals surface area contributed by atoms with E-state index < -0.39 is 57.1 Å². The van der Waals surface area contributed by atoms with Gasteiger partial charge in [0.1, 0.15) is 6.61 Å². The van der Waals surface area contributed by atoms with Crippen LogP contribution in [0.5, 0.6) is 0 Å². The van der Waals surface area contributed by atoms with Crippen molar-refractivity contribution in [2.45, 2.75) is 192 Å². The third kappa shape index (κ3) is 28.4. The molecule has 1 rings (SSSR count). The first-order valence-corrected chi connectivity index (χ1v) is 22.7. The number of nitrogens with two attached hydrogens (primary N) is 1. The van der Waals surface area contributed by atoms with Crippen molar-refractivity contribution in [3.63, 3.8) is 0 Å². The van der Waals surface area contributed by atoms with Crippen LogP contribution < -0.4 is 5.73 Å². The summed E-state index contributed by atoms with van der Waals surface area (Å²) >= 11 is 0. The van der Waals surface area contributed by atoms with Crippen molar-refractivity contribution in [3.8, 4) is 0 Å². The maximum atomic E-state index is 12.7. The zero-order chi connectivity index (χ0) is 40.6. The molecule has 0 amide bonds. The first-order chi connectivity index (χ1) is 26.5. The normalized spacial score (nSPS) is 21.1. The Hall–Kier alpha value is -1.67. The smallest absolute Gasteiger partial charge is 0.462 e. The van der Waals surface area contributed by atoms with Gasteiger partial charge in [-0.1, -0.05) is 134 Å². The summed E-state index contributed by atoms with van der Waals surface area (Å²) in [4.78, 5) is 35.0. The molecule has 55 heavy (non-hydrogen) atoms. The molecular formula is C41H76NO12P. The highest BCUT2D eigenvalue weighted by Crippen LogP contribution is 2.43. The van der Waals surface area contributed by atoms with E-state index in [0.29, 0.717) is 32.1 Å². The summed E-state index contributed by atoms with van der Waals surface area (Å²) in [5, 5.41) is 30.9. The van der Waals surface area contributed by atoms with Crippen LogP contribution in [0.15, 0.2) is 24.3 Å². The summed E-state index contributed by atoms with van der Waals surface area (Å²) < 4.78 is 38.4. The number of rotatable bonds is 35. The molecule has 0 saturated carbocycles. The Morgan fingerprint density at radius 2 is 1.42 bits per heavy atom. The van der Waals surface area contributed by atoms with E-state index in [4.69, 9.17) is 29.0 Å². The van der Waals surface area contributed by atoms with Gasteiger partial charge in [-0.2, -0.15) is 0 Å². The van der Waals surface area contributed by atoms with E-state index in [9.17, 15) is 34.4 Å². The number of hydrogen-bond acceptors (Lipinski definition) is 12. The van der Waals surface area contributed by atoms with Crippen LogP contribution >= 0.6 is 7.82 Å². The number of allylic oxidation sites excluding steroid dienone is 2.